The van der Waals surface area contributed by atoms with E-state index in [0.29, 0.717) is 11.5 Å². The van der Waals surface area contributed by atoms with Crippen LogP contribution >= 0.6 is 0 Å². The van der Waals surface area contributed by atoms with Crippen molar-refractivity contribution in [3.63, 3.8) is 0 Å². The molecule has 1 saturated heterocycles. The fraction of sp³-hybridized carbons (Fsp3) is 1.00. The second kappa shape index (κ2) is 4.62. The molecule has 1 fully saturated rings. The normalized spacial score (nSPS) is 25.9. The van der Waals surface area contributed by atoms with Gasteiger partial charge in [-0.05, 0) is 0 Å². The first kappa shape index (κ1) is 11.6. The van der Waals surface area contributed by atoms with Crippen molar-refractivity contribution in [2.75, 3.05) is 6.54 Å². The number of nitrogens with zero attached hydrogens (tertiary/aromatic N) is 1. The van der Waals surface area contributed by atoms with E-state index < -0.39 is 0 Å². The largest absolute Gasteiger partial charge is 0.659 e. The minimum atomic E-state index is 0. The quantitative estimate of drug-likeness (QED) is 0.651. The van der Waals surface area contributed by atoms with E-state index in [9.17, 15) is 0 Å². The van der Waals surface area contributed by atoms with Gasteiger partial charge in [-0.25, -0.2) is 0 Å². The Bertz CT molecular complexity index is 101. The van der Waals surface area contributed by atoms with Gasteiger partial charge in [-0.2, -0.15) is 0 Å². The van der Waals surface area contributed by atoms with Gasteiger partial charge in [0.1, 0.15) is 0 Å². The summed E-state index contributed by atoms with van der Waals surface area (Å²) in [7, 11) is 0. The molecule has 0 radical (unpaired) electrons. The molecule has 0 aromatic rings. The van der Waals surface area contributed by atoms with Crippen LogP contribution in [0.4, 0.5) is 0 Å². The second-order valence-electron chi connectivity index (χ2n) is 4.28. The van der Waals surface area contributed by atoms with Crippen LogP contribution in [0.5, 0.6) is 0 Å². The molecular formula is C9H18NW-. The Morgan fingerprint density at radius 2 is 1.82 bits per heavy atom. The first-order chi connectivity index (χ1) is 4.61. The third kappa shape index (κ3) is 3.71. The summed E-state index contributed by atoms with van der Waals surface area (Å²) in [5, 5.41) is 4.60. The molecule has 66 valence electrons. The third-order valence-corrected chi connectivity index (χ3v) is 2.23. The zero-order valence-electron chi connectivity index (χ0n) is 7.76. The number of piperidine rings is 1. The predicted molar refractivity (Wildman–Crippen MR) is 45.3 cm³/mol. The van der Waals surface area contributed by atoms with Crippen LogP contribution in [0.15, 0.2) is 0 Å². The van der Waals surface area contributed by atoms with Gasteiger partial charge in [0, 0.05) is 21.1 Å². The molecule has 1 nitrogen and oxygen atoms in total. The van der Waals surface area contributed by atoms with Crippen molar-refractivity contribution in [2.45, 2.75) is 46.1 Å². The molecular weight excluding hydrogens is 306 g/mol. The first-order valence-electron chi connectivity index (χ1n) is 4.27. The van der Waals surface area contributed by atoms with Gasteiger partial charge in [0.15, 0.2) is 0 Å². The number of hydrogen-bond acceptors (Lipinski definition) is 0. The Morgan fingerprint density at radius 1 is 1.18 bits per heavy atom. The minimum Gasteiger partial charge on any atom is -0.659 e. The molecule has 2 heteroatoms. The van der Waals surface area contributed by atoms with E-state index in [0.717, 1.165) is 6.54 Å². The maximum atomic E-state index is 4.60. The molecule has 0 aromatic heterocycles. The van der Waals surface area contributed by atoms with Crippen LogP contribution in [0.1, 0.15) is 40.0 Å². The van der Waals surface area contributed by atoms with E-state index in [-0.39, 0.29) is 21.1 Å². The van der Waals surface area contributed by atoms with Crippen LogP contribution in [0.2, 0.25) is 0 Å². The van der Waals surface area contributed by atoms with Crippen LogP contribution in [0, 0.1) is 5.41 Å². The van der Waals surface area contributed by atoms with Crippen LogP contribution in [-0.4, -0.2) is 12.6 Å². The molecule has 0 spiro atoms. The van der Waals surface area contributed by atoms with E-state index >= 15 is 0 Å². The molecule has 0 aliphatic carbocycles. The van der Waals surface area contributed by atoms with Gasteiger partial charge in [0.25, 0.3) is 0 Å². The zero-order valence-corrected chi connectivity index (χ0v) is 10.7. The maximum Gasteiger partial charge on any atom is 0 e. The monoisotopic (exact) mass is 324 g/mol. The summed E-state index contributed by atoms with van der Waals surface area (Å²) in [6, 6.07) is 0.626. The van der Waals surface area contributed by atoms with Gasteiger partial charge in [0.2, 0.25) is 0 Å². The summed E-state index contributed by atoms with van der Waals surface area (Å²) in [5.41, 5.74) is 0.403. The van der Waals surface area contributed by atoms with Crippen LogP contribution < -0.4 is 0 Å². The smallest absolute Gasteiger partial charge is 0 e. The molecule has 0 bridgehead atoms. The molecule has 0 aromatic carbocycles. The van der Waals surface area contributed by atoms with Crippen molar-refractivity contribution in [3.8, 4) is 0 Å². The Balaban J connectivity index is 0.000001000. The standard InChI is InChI=1S/C9H18N.W/c1-9(2,3)8-6-4-5-7-10-8;/h8H,4-7H2,1-3H3;/q-1;. The van der Waals surface area contributed by atoms with E-state index in [1.807, 2.05) is 0 Å². The fourth-order valence-corrected chi connectivity index (χ4v) is 1.49. The maximum absolute atomic E-state index is 4.60. The molecule has 1 atom stereocenters. The Morgan fingerprint density at radius 3 is 2.09 bits per heavy atom. The Labute approximate surface area is 84.6 Å². The van der Waals surface area contributed by atoms with Crippen molar-refractivity contribution in [1.29, 1.82) is 0 Å². The number of rotatable bonds is 0. The van der Waals surface area contributed by atoms with Gasteiger partial charge in [-0.15, -0.1) is 12.6 Å². The third-order valence-electron chi connectivity index (χ3n) is 2.23. The van der Waals surface area contributed by atoms with Gasteiger partial charge in [-0.3, -0.25) is 0 Å². The van der Waals surface area contributed by atoms with E-state index in [4.69, 9.17) is 0 Å². The molecule has 1 unspecified atom stereocenters. The van der Waals surface area contributed by atoms with Crippen LogP contribution in [0.3, 0.4) is 0 Å². The SMILES string of the molecule is CC(C)(C)C1CCCC[N-]1.[W]. The predicted octanol–water partition coefficient (Wildman–Crippen LogP) is 2.96. The van der Waals surface area contributed by atoms with Crippen molar-refractivity contribution in [2.24, 2.45) is 5.41 Å². The first-order valence-corrected chi connectivity index (χ1v) is 4.27. The van der Waals surface area contributed by atoms with E-state index in [2.05, 4.69) is 26.1 Å². The summed E-state index contributed by atoms with van der Waals surface area (Å²) < 4.78 is 0. The van der Waals surface area contributed by atoms with E-state index in [1.165, 1.54) is 19.3 Å². The fourth-order valence-electron chi connectivity index (χ4n) is 1.49. The van der Waals surface area contributed by atoms with Crippen LogP contribution in [-0.2, 0) is 21.1 Å². The Kier molecular flexibility index (Phi) is 4.89. The molecule has 1 aliphatic heterocycles. The van der Waals surface area contributed by atoms with Crippen LogP contribution in [0.25, 0.3) is 5.32 Å². The average molecular weight is 324 g/mol. The summed E-state index contributed by atoms with van der Waals surface area (Å²) >= 11 is 0. The molecule has 0 saturated carbocycles. The van der Waals surface area contributed by atoms with Crippen molar-refractivity contribution < 1.29 is 21.1 Å². The minimum absolute atomic E-state index is 0. The molecule has 1 heterocycles. The van der Waals surface area contributed by atoms with Crippen molar-refractivity contribution in [1.82, 2.24) is 0 Å². The average Bonchev–Trinajstić information content (AvgIpc) is 1.88. The molecule has 11 heavy (non-hydrogen) atoms. The van der Waals surface area contributed by atoms with Gasteiger partial charge in [-0.1, -0.05) is 45.4 Å². The molecule has 1 rings (SSSR count). The van der Waals surface area contributed by atoms with Gasteiger partial charge >= 0.3 is 0 Å². The van der Waals surface area contributed by atoms with Gasteiger partial charge in [0.05, 0.1) is 0 Å². The summed E-state index contributed by atoms with van der Waals surface area (Å²) in [6.07, 6.45) is 4.00. The number of hydrogen-bond donors (Lipinski definition) is 0. The topological polar surface area (TPSA) is 14.1 Å². The summed E-state index contributed by atoms with van der Waals surface area (Å²) in [4.78, 5) is 0. The summed E-state index contributed by atoms with van der Waals surface area (Å²) in [6.45, 7) is 7.95. The van der Waals surface area contributed by atoms with E-state index in [1.54, 1.807) is 0 Å². The molecule has 1 aliphatic rings. The molecule has 0 N–H and O–H groups in total. The summed E-state index contributed by atoms with van der Waals surface area (Å²) in [5.74, 6) is 0. The zero-order chi connectivity index (χ0) is 7.61. The van der Waals surface area contributed by atoms with Crippen molar-refractivity contribution >= 4 is 0 Å². The second-order valence-corrected chi connectivity index (χ2v) is 4.28. The Hall–Kier alpha value is 0.648. The molecule has 0 amide bonds. The van der Waals surface area contributed by atoms with Crippen molar-refractivity contribution in [3.05, 3.63) is 5.32 Å². The van der Waals surface area contributed by atoms with Gasteiger partial charge < -0.3 is 5.32 Å².